The summed E-state index contributed by atoms with van der Waals surface area (Å²) in [7, 11) is 0. The number of thiazole rings is 1. The minimum Gasteiger partial charge on any atom is -0.439 e. The fraction of sp³-hybridized carbons (Fsp3) is 0. The number of carbonyl (C=O) groups is 1. The summed E-state index contributed by atoms with van der Waals surface area (Å²) in [6.45, 7) is 0. The lowest BCUT2D eigenvalue weighted by atomic mass is 10.2. The summed E-state index contributed by atoms with van der Waals surface area (Å²) in [6, 6.07) is 16.0. The van der Waals surface area contributed by atoms with Gasteiger partial charge < -0.3 is 10.1 Å². The molecule has 8 nitrogen and oxygen atoms in total. The number of nitrogens with zero attached hydrogens (tertiary/aromatic N) is 5. The second-order valence-electron chi connectivity index (χ2n) is 6.28. The third-order valence-corrected chi connectivity index (χ3v) is 5.09. The van der Waals surface area contributed by atoms with Crippen molar-refractivity contribution >= 4 is 33.1 Å². The Kier molecular flexibility index (Phi) is 4.62. The molecule has 9 heteroatoms. The minimum atomic E-state index is -0.182. The third-order valence-electron chi connectivity index (χ3n) is 4.29. The Balaban J connectivity index is 1.27. The van der Waals surface area contributed by atoms with Crippen LogP contribution in [0.1, 0.15) is 10.4 Å². The van der Waals surface area contributed by atoms with Crippen LogP contribution >= 0.6 is 11.3 Å². The molecule has 0 spiro atoms. The highest BCUT2D eigenvalue weighted by molar-refractivity contribution is 7.16. The molecule has 0 aliphatic rings. The lowest BCUT2D eigenvalue weighted by molar-refractivity contribution is 0.102. The van der Waals surface area contributed by atoms with E-state index in [1.165, 1.54) is 17.7 Å². The second kappa shape index (κ2) is 7.72. The van der Waals surface area contributed by atoms with Gasteiger partial charge in [-0.3, -0.25) is 4.79 Å². The van der Waals surface area contributed by atoms with Crippen molar-refractivity contribution in [1.29, 1.82) is 0 Å². The Morgan fingerprint density at radius 1 is 1.03 bits per heavy atom. The van der Waals surface area contributed by atoms with Crippen molar-refractivity contribution in [2.75, 3.05) is 5.32 Å². The van der Waals surface area contributed by atoms with E-state index in [1.807, 2.05) is 18.2 Å². The van der Waals surface area contributed by atoms with Gasteiger partial charge in [0.05, 0.1) is 15.7 Å². The van der Waals surface area contributed by atoms with Crippen molar-refractivity contribution < 1.29 is 9.53 Å². The standard InChI is InChI=1S/C21H14N6O2S/c28-21(14-2-7-17-18(10-14)30-13-24-17)26-15-3-5-16(6-4-15)29-20-11-19(22-12-23-20)27-9-1-8-25-27/h1-13H,(H,26,28). The van der Waals surface area contributed by atoms with Gasteiger partial charge in [-0.05, 0) is 48.5 Å². The fourth-order valence-corrected chi connectivity index (χ4v) is 3.56. The van der Waals surface area contributed by atoms with Gasteiger partial charge in [-0.2, -0.15) is 5.10 Å². The van der Waals surface area contributed by atoms with Crippen LogP contribution in [0.4, 0.5) is 5.69 Å². The van der Waals surface area contributed by atoms with Crippen LogP contribution in [0.5, 0.6) is 11.6 Å². The van der Waals surface area contributed by atoms with Crippen LogP contribution in [0.25, 0.3) is 16.0 Å². The Hall–Kier alpha value is -4.11. The maximum atomic E-state index is 12.5. The van der Waals surface area contributed by atoms with Gasteiger partial charge in [-0.1, -0.05) is 0 Å². The Bertz CT molecular complexity index is 1320. The number of fused-ring (bicyclic) bond motifs is 1. The average Bonchev–Trinajstić information content (AvgIpc) is 3.47. The highest BCUT2D eigenvalue weighted by Gasteiger charge is 2.09. The summed E-state index contributed by atoms with van der Waals surface area (Å²) in [5.41, 5.74) is 3.90. The van der Waals surface area contributed by atoms with Gasteiger partial charge in [0.1, 0.15) is 12.1 Å². The first kappa shape index (κ1) is 18.0. The van der Waals surface area contributed by atoms with Gasteiger partial charge in [-0.15, -0.1) is 11.3 Å². The zero-order valence-corrected chi connectivity index (χ0v) is 16.3. The van der Waals surface area contributed by atoms with E-state index in [9.17, 15) is 4.79 Å². The summed E-state index contributed by atoms with van der Waals surface area (Å²) < 4.78 is 8.39. The number of ether oxygens (including phenoxy) is 1. The molecule has 0 atom stereocenters. The fourth-order valence-electron chi connectivity index (χ4n) is 2.84. The number of aromatic nitrogens is 5. The highest BCUT2D eigenvalue weighted by atomic mass is 32.1. The first-order valence-electron chi connectivity index (χ1n) is 8.99. The summed E-state index contributed by atoms with van der Waals surface area (Å²) in [4.78, 5) is 25.0. The van der Waals surface area contributed by atoms with Gasteiger partial charge in [-0.25, -0.2) is 19.6 Å². The van der Waals surface area contributed by atoms with Crippen LogP contribution in [-0.4, -0.2) is 30.6 Å². The molecule has 0 bridgehead atoms. The van der Waals surface area contributed by atoms with E-state index < -0.39 is 0 Å². The second-order valence-corrected chi connectivity index (χ2v) is 7.17. The number of rotatable bonds is 5. The molecular formula is C21H14N6O2S. The number of anilines is 1. The number of hydrogen-bond donors (Lipinski definition) is 1. The summed E-state index contributed by atoms with van der Waals surface area (Å²) in [6.07, 6.45) is 4.88. The number of nitrogens with one attached hydrogen (secondary N) is 1. The van der Waals surface area contributed by atoms with Crippen molar-refractivity contribution in [2.45, 2.75) is 0 Å². The average molecular weight is 414 g/mol. The molecular weight excluding hydrogens is 400 g/mol. The van der Waals surface area contributed by atoms with Crippen molar-refractivity contribution in [3.05, 3.63) is 84.4 Å². The molecule has 30 heavy (non-hydrogen) atoms. The molecule has 0 aliphatic heterocycles. The first-order valence-corrected chi connectivity index (χ1v) is 9.87. The largest absolute Gasteiger partial charge is 0.439 e. The molecule has 0 aliphatic carbocycles. The van der Waals surface area contributed by atoms with Gasteiger partial charge in [0.15, 0.2) is 5.82 Å². The summed E-state index contributed by atoms with van der Waals surface area (Å²) in [5, 5.41) is 7.03. The topological polar surface area (TPSA) is 94.8 Å². The van der Waals surface area contributed by atoms with Crippen LogP contribution in [0.3, 0.4) is 0 Å². The van der Waals surface area contributed by atoms with Crippen LogP contribution in [0.2, 0.25) is 0 Å². The summed E-state index contributed by atoms with van der Waals surface area (Å²) >= 11 is 1.50. The predicted octanol–water partition coefficient (Wildman–Crippen LogP) is 4.32. The predicted molar refractivity (Wildman–Crippen MR) is 113 cm³/mol. The molecule has 0 unspecified atom stereocenters. The maximum absolute atomic E-state index is 12.5. The monoisotopic (exact) mass is 414 g/mol. The normalized spacial score (nSPS) is 10.8. The molecule has 0 fully saturated rings. The van der Waals surface area contributed by atoms with E-state index in [2.05, 4.69) is 25.4 Å². The van der Waals surface area contributed by atoms with E-state index >= 15 is 0 Å². The SMILES string of the molecule is O=C(Nc1ccc(Oc2cc(-n3cccn3)ncn2)cc1)c1ccc2ncsc2c1. The molecule has 3 heterocycles. The van der Waals surface area contributed by atoms with Crippen molar-refractivity contribution in [3.63, 3.8) is 0 Å². The van der Waals surface area contributed by atoms with Gasteiger partial charge >= 0.3 is 0 Å². The van der Waals surface area contributed by atoms with E-state index in [4.69, 9.17) is 4.74 Å². The zero-order chi connectivity index (χ0) is 20.3. The van der Waals surface area contributed by atoms with E-state index in [0.717, 1.165) is 10.2 Å². The maximum Gasteiger partial charge on any atom is 0.255 e. The Morgan fingerprint density at radius 3 is 2.77 bits per heavy atom. The molecule has 3 aromatic heterocycles. The molecule has 0 saturated carbocycles. The molecule has 5 rings (SSSR count). The van der Waals surface area contributed by atoms with E-state index in [1.54, 1.807) is 59.0 Å². The lowest BCUT2D eigenvalue weighted by Gasteiger charge is -2.08. The number of hydrogen-bond acceptors (Lipinski definition) is 7. The number of carbonyl (C=O) groups excluding carboxylic acids is 1. The van der Waals surface area contributed by atoms with Crippen LogP contribution < -0.4 is 10.1 Å². The van der Waals surface area contributed by atoms with E-state index in [0.29, 0.717) is 28.7 Å². The molecule has 0 radical (unpaired) electrons. The quantitative estimate of drug-likeness (QED) is 0.460. The molecule has 1 amide bonds. The molecule has 2 aromatic carbocycles. The van der Waals surface area contributed by atoms with Gasteiger partial charge in [0.25, 0.3) is 5.91 Å². The number of benzene rings is 2. The van der Waals surface area contributed by atoms with Crippen molar-refractivity contribution in [2.24, 2.45) is 0 Å². The Morgan fingerprint density at radius 2 is 1.93 bits per heavy atom. The van der Waals surface area contributed by atoms with Crippen LogP contribution in [-0.2, 0) is 0 Å². The molecule has 146 valence electrons. The smallest absolute Gasteiger partial charge is 0.255 e. The van der Waals surface area contributed by atoms with Crippen molar-refractivity contribution in [1.82, 2.24) is 24.7 Å². The lowest BCUT2D eigenvalue weighted by Crippen LogP contribution is -2.11. The van der Waals surface area contributed by atoms with Crippen LogP contribution in [0.15, 0.2) is 78.8 Å². The third kappa shape index (κ3) is 3.74. The number of amides is 1. The zero-order valence-electron chi connectivity index (χ0n) is 15.5. The molecule has 5 aromatic rings. The Labute approximate surface area is 174 Å². The van der Waals surface area contributed by atoms with Crippen LogP contribution in [0, 0.1) is 0 Å². The van der Waals surface area contributed by atoms with Gasteiger partial charge in [0, 0.05) is 29.7 Å². The highest BCUT2D eigenvalue weighted by Crippen LogP contribution is 2.23. The van der Waals surface area contributed by atoms with Gasteiger partial charge in [0.2, 0.25) is 5.88 Å². The molecule has 1 N–H and O–H groups in total. The summed E-state index contributed by atoms with van der Waals surface area (Å²) in [5.74, 6) is 1.40. The minimum absolute atomic E-state index is 0.182. The molecule has 0 saturated heterocycles. The van der Waals surface area contributed by atoms with Crippen molar-refractivity contribution in [3.8, 4) is 17.4 Å². The first-order chi connectivity index (χ1) is 14.7. The van der Waals surface area contributed by atoms with E-state index in [-0.39, 0.29) is 5.91 Å².